The van der Waals surface area contributed by atoms with Gasteiger partial charge in [-0.3, -0.25) is 9.48 Å². The molecule has 4 fully saturated rings. The SMILES string of the molecule is CC1CCC2(C)C(CCC3C2CCC2(C)C(C(=O)Cn4cc(Cl)cn4)CCC32)C1. The predicted molar refractivity (Wildman–Crippen MR) is 117 cm³/mol. The summed E-state index contributed by atoms with van der Waals surface area (Å²) in [6.07, 6.45) is 15.5. The number of halogens is 1. The monoisotopic (exact) mass is 416 g/mol. The van der Waals surface area contributed by atoms with Gasteiger partial charge in [0, 0.05) is 12.1 Å². The molecular formula is C25H37ClN2O. The molecule has 4 saturated carbocycles. The lowest BCUT2D eigenvalue weighted by Gasteiger charge is -2.61. The normalized spacial score (nSPS) is 46.6. The summed E-state index contributed by atoms with van der Waals surface area (Å²) in [4.78, 5) is 13.3. The minimum atomic E-state index is 0.195. The topological polar surface area (TPSA) is 34.9 Å². The number of aromatic nitrogens is 2. The van der Waals surface area contributed by atoms with E-state index in [9.17, 15) is 4.79 Å². The van der Waals surface area contributed by atoms with Crippen LogP contribution in [0.5, 0.6) is 0 Å². The van der Waals surface area contributed by atoms with Crippen molar-refractivity contribution in [3.8, 4) is 0 Å². The van der Waals surface area contributed by atoms with Gasteiger partial charge in [0.2, 0.25) is 0 Å². The van der Waals surface area contributed by atoms with Crippen LogP contribution >= 0.6 is 11.6 Å². The lowest BCUT2D eigenvalue weighted by Crippen LogP contribution is -2.53. The summed E-state index contributed by atoms with van der Waals surface area (Å²) in [7, 11) is 0. The zero-order valence-corrected chi connectivity index (χ0v) is 19.1. The van der Waals surface area contributed by atoms with E-state index in [2.05, 4.69) is 25.9 Å². The number of carbonyl (C=O) groups excluding carboxylic acids is 1. The Morgan fingerprint density at radius 3 is 2.62 bits per heavy atom. The Morgan fingerprint density at radius 2 is 1.86 bits per heavy atom. The second-order valence-electron chi connectivity index (χ2n) is 11.5. The average molecular weight is 417 g/mol. The van der Waals surface area contributed by atoms with Crippen molar-refractivity contribution in [1.29, 1.82) is 0 Å². The maximum atomic E-state index is 13.3. The molecule has 1 heterocycles. The van der Waals surface area contributed by atoms with Gasteiger partial charge in [-0.25, -0.2) is 0 Å². The number of fused-ring (bicyclic) bond motifs is 5. The van der Waals surface area contributed by atoms with Crippen molar-refractivity contribution in [2.45, 2.75) is 85.1 Å². The fourth-order valence-corrected chi connectivity index (χ4v) is 8.85. The Labute approximate surface area is 181 Å². The van der Waals surface area contributed by atoms with E-state index in [1.54, 1.807) is 17.1 Å². The molecule has 4 aliphatic rings. The highest BCUT2D eigenvalue weighted by molar-refractivity contribution is 6.30. The fourth-order valence-electron chi connectivity index (χ4n) is 8.70. The molecule has 8 atom stereocenters. The molecular weight excluding hydrogens is 380 g/mol. The van der Waals surface area contributed by atoms with E-state index in [0.717, 1.165) is 36.0 Å². The Hall–Kier alpha value is -0.830. The smallest absolute Gasteiger partial charge is 0.157 e. The number of nitrogens with zero attached hydrogens (tertiary/aromatic N) is 2. The third-order valence-corrected chi connectivity index (χ3v) is 10.4. The zero-order chi connectivity index (χ0) is 20.4. The molecule has 3 nitrogen and oxygen atoms in total. The molecule has 8 unspecified atom stereocenters. The van der Waals surface area contributed by atoms with E-state index in [1.165, 1.54) is 51.4 Å². The van der Waals surface area contributed by atoms with Gasteiger partial charge in [-0.2, -0.15) is 5.10 Å². The summed E-state index contributed by atoms with van der Waals surface area (Å²) in [6.45, 7) is 7.94. The Morgan fingerprint density at radius 1 is 1.10 bits per heavy atom. The van der Waals surface area contributed by atoms with Gasteiger partial charge in [0.15, 0.2) is 5.78 Å². The first kappa shape index (κ1) is 20.1. The van der Waals surface area contributed by atoms with Gasteiger partial charge in [0.1, 0.15) is 0 Å². The Bertz CT molecular complexity index is 790. The van der Waals surface area contributed by atoms with Crippen LogP contribution in [-0.4, -0.2) is 15.6 Å². The number of hydrogen-bond acceptors (Lipinski definition) is 2. The van der Waals surface area contributed by atoms with E-state index < -0.39 is 0 Å². The quantitative estimate of drug-likeness (QED) is 0.571. The molecule has 4 aliphatic carbocycles. The van der Waals surface area contributed by atoms with Crippen LogP contribution in [0.2, 0.25) is 5.02 Å². The third-order valence-electron chi connectivity index (χ3n) is 10.2. The summed E-state index contributed by atoms with van der Waals surface area (Å²) >= 11 is 6.00. The third kappa shape index (κ3) is 3.13. The van der Waals surface area contributed by atoms with Gasteiger partial charge < -0.3 is 0 Å². The highest BCUT2D eigenvalue weighted by atomic mass is 35.5. The highest BCUT2D eigenvalue weighted by Crippen LogP contribution is 2.67. The number of Topliss-reactive ketones (excluding diaryl/α,β-unsaturated/α-hetero) is 1. The molecule has 160 valence electrons. The summed E-state index contributed by atoms with van der Waals surface area (Å²) in [5.74, 6) is 4.93. The van der Waals surface area contributed by atoms with Crippen molar-refractivity contribution in [2.24, 2.45) is 46.3 Å². The van der Waals surface area contributed by atoms with Crippen LogP contribution < -0.4 is 0 Å². The average Bonchev–Trinajstić information content (AvgIpc) is 3.24. The van der Waals surface area contributed by atoms with Crippen molar-refractivity contribution < 1.29 is 4.79 Å². The van der Waals surface area contributed by atoms with Crippen LogP contribution in [0.15, 0.2) is 12.4 Å². The number of ketones is 1. The molecule has 0 aliphatic heterocycles. The van der Waals surface area contributed by atoms with Gasteiger partial charge in [0.25, 0.3) is 0 Å². The van der Waals surface area contributed by atoms with Crippen molar-refractivity contribution in [2.75, 3.05) is 0 Å². The van der Waals surface area contributed by atoms with Crippen molar-refractivity contribution in [3.63, 3.8) is 0 Å². The molecule has 4 heteroatoms. The van der Waals surface area contributed by atoms with Gasteiger partial charge in [-0.05, 0) is 91.8 Å². The standard InChI is InChI=1S/C25H37ClN2O/c1-16-8-10-24(2)17(12-16)4-5-19-20-6-7-22(25(20,3)11-9-21(19)24)23(29)15-28-14-18(26)13-27-28/h13-14,16-17,19-22H,4-12,15H2,1-3H3. The zero-order valence-electron chi connectivity index (χ0n) is 18.4. The lowest BCUT2D eigenvalue weighted by atomic mass is 9.44. The molecule has 0 amide bonds. The summed E-state index contributed by atoms with van der Waals surface area (Å²) < 4.78 is 1.72. The first-order valence-electron chi connectivity index (χ1n) is 12.0. The van der Waals surface area contributed by atoms with Gasteiger partial charge in [0.05, 0.1) is 17.8 Å². The van der Waals surface area contributed by atoms with Crippen LogP contribution in [0.1, 0.15) is 78.6 Å². The second kappa shape index (κ2) is 7.11. The molecule has 0 N–H and O–H groups in total. The van der Waals surface area contributed by atoms with Crippen LogP contribution in [0, 0.1) is 46.3 Å². The first-order chi connectivity index (χ1) is 13.8. The highest BCUT2D eigenvalue weighted by Gasteiger charge is 2.60. The predicted octanol–water partition coefficient (Wildman–Crippen LogP) is 6.40. The fraction of sp³-hybridized carbons (Fsp3) is 0.840. The minimum Gasteiger partial charge on any atom is -0.297 e. The van der Waals surface area contributed by atoms with Crippen LogP contribution in [-0.2, 0) is 11.3 Å². The van der Waals surface area contributed by atoms with Crippen molar-refractivity contribution in [3.05, 3.63) is 17.4 Å². The largest absolute Gasteiger partial charge is 0.297 e. The molecule has 0 radical (unpaired) electrons. The molecule has 0 bridgehead atoms. The molecule has 5 rings (SSSR count). The summed E-state index contributed by atoms with van der Waals surface area (Å²) in [6, 6.07) is 0. The van der Waals surface area contributed by atoms with Gasteiger partial charge >= 0.3 is 0 Å². The van der Waals surface area contributed by atoms with Crippen LogP contribution in [0.4, 0.5) is 0 Å². The minimum absolute atomic E-state index is 0.195. The van der Waals surface area contributed by atoms with Gasteiger partial charge in [-0.15, -0.1) is 0 Å². The lowest BCUT2D eigenvalue weighted by molar-refractivity contribution is -0.137. The number of hydrogen-bond donors (Lipinski definition) is 0. The second-order valence-corrected chi connectivity index (χ2v) is 12.0. The van der Waals surface area contributed by atoms with E-state index in [-0.39, 0.29) is 11.3 Å². The van der Waals surface area contributed by atoms with E-state index in [1.807, 2.05) is 0 Å². The van der Waals surface area contributed by atoms with Crippen molar-refractivity contribution in [1.82, 2.24) is 9.78 Å². The molecule has 1 aromatic rings. The Balaban J connectivity index is 1.35. The molecule has 29 heavy (non-hydrogen) atoms. The van der Waals surface area contributed by atoms with Gasteiger partial charge in [-0.1, -0.05) is 38.8 Å². The van der Waals surface area contributed by atoms with E-state index in [0.29, 0.717) is 22.8 Å². The van der Waals surface area contributed by atoms with Crippen LogP contribution in [0.3, 0.4) is 0 Å². The summed E-state index contributed by atoms with van der Waals surface area (Å²) in [5.41, 5.74) is 0.755. The molecule has 0 aromatic carbocycles. The summed E-state index contributed by atoms with van der Waals surface area (Å²) in [5, 5.41) is 4.86. The number of rotatable bonds is 3. The van der Waals surface area contributed by atoms with Crippen molar-refractivity contribution >= 4 is 17.4 Å². The van der Waals surface area contributed by atoms with E-state index in [4.69, 9.17) is 11.6 Å². The Kier molecular flexibility index (Phi) is 4.92. The van der Waals surface area contributed by atoms with Crippen LogP contribution in [0.25, 0.3) is 0 Å². The molecule has 0 saturated heterocycles. The maximum Gasteiger partial charge on any atom is 0.157 e. The first-order valence-corrected chi connectivity index (χ1v) is 12.4. The van der Waals surface area contributed by atoms with E-state index >= 15 is 0 Å². The maximum absolute atomic E-state index is 13.3. The molecule has 0 spiro atoms. The number of carbonyl (C=O) groups is 1. The molecule has 1 aromatic heterocycles.